The van der Waals surface area contributed by atoms with Crippen molar-refractivity contribution in [3.05, 3.63) is 41.5 Å². The van der Waals surface area contributed by atoms with Crippen LogP contribution in [0.3, 0.4) is 0 Å². The van der Waals surface area contributed by atoms with E-state index in [9.17, 15) is 24.3 Å². The molecule has 8 nitrogen and oxygen atoms in total. The third kappa shape index (κ3) is 2.70. The summed E-state index contributed by atoms with van der Waals surface area (Å²) >= 11 is 0. The van der Waals surface area contributed by atoms with Gasteiger partial charge in [0, 0.05) is 11.5 Å². The predicted molar refractivity (Wildman–Crippen MR) is 103 cm³/mol. The van der Waals surface area contributed by atoms with Crippen molar-refractivity contribution in [2.45, 2.75) is 18.8 Å². The molecule has 1 saturated carbocycles. The van der Waals surface area contributed by atoms with Crippen molar-refractivity contribution >= 4 is 23.6 Å². The van der Waals surface area contributed by atoms with Gasteiger partial charge in [0.15, 0.2) is 0 Å². The molecule has 8 heteroatoms. The summed E-state index contributed by atoms with van der Waals surface area (Å²) in [5, 5.41) is 14.1. The lowest BCUT2D eigenvalue weighted by Gasteiger charge is -2.44. The molecule has 0 unspecified atom stereocenters. The number of hydrogen-bond acceptors (Lipinski definition) is 6. The van der Waals surface area contributed by atoms with Crippen LogP contribution in [0.5, 0.6) is 5.75 Å². The van der Waals surface area contributed by atoms with E-state index in [1.165, 1.54) is 0 Å². The zero-order valence-corrected chi connectivity index (χ0v) is 16.2. The maximum absolute atomic E-state index is 12.8. The molecule has 2 aliphatic heterocycles. The molecule has 6 atom stereocenters. The third-order valence-corrected chi connectivity index (χ3v) is 6.94. The fourth-order valence-electron chi connectivity index (χ4n) is 5.78. The van der Waals surface area contributed by atoms with Crippen LogP contribution in [0.4, 0.5) is 0 Å². The van der Waals surface area contributed by atoms with Gasteiger partial charge in [0.2, 0.25) is 23.6 Å². The average molecular weight is 410 g/mol. The lowest BCUT2D eigenvalue weighted by Crippen LogP contribution is -2.43. The summed E-state index contributed by atoms with van der Waals surface area (Å²) in [4.78, 5) is 50.2. The number of para-hydroxylation sites is 1. The molecule has 0 bridgehead atoms. The Morgan fingerprint density at radius 1 is 0.900 bits per heavy atom. The van der Waals surface area contributed by atoms with Gasteiger partial charge in [-0.3, -0.25) is 29.8 Å². The number of imide groups is 2. The smallest absolute Gasteiger partial charge is 0.231 e. The number of fused-ring (bicyclic) bond motifs is 4. The van der Waals surface area contributed by atoms with Crippen molar-refractivity contribution in [2.24, 2.45) is 29.6 Å². The maximum Gasteiger partial charge on any atom is 0.231 e. The van der Waals surface area contributed by atoms with Gasteiger partial charge in [0.1, 0.15) is 12.4 Å². The molecule has 2 heterocycles. The third-order valence-electron chi connectivity index (χ3n) is 6.94. The molecule has 3 N–H and O–H groups in total. The van der Waals surface area contributed by atoms with Crippen LogP contribution in [0, 0.1) is 29.6 Å². The van der Waals surface area contributed by atoms with E-state index in [2.05, 4.69) is 10.6 Å². The molecule has 4 amide bonds. The number of aliphatic hydroxyl groups excluding tert-OH is 1. The minimum absolute atomic E-state index is 0.104. The number of nitrogens with one attached hydrogen (secondary N) is 2. The number of carbonyl (C=O) groups is 4. The van der Waals surface area contributed by atoms with Crippen molar-refractivity contribution < 1.29 is 29.0 Å². The summed E-state index contributed by atoms with van der Waals surface area (Å²) in [7, 11) is 0. The lowest BCUT2D eigenvalue weighted by molar-refractivity contribution is -0.128. The minimum atomic E-state index is -0.587. The summed E-state index contributed by atoms with van der Waals surface area (Å²) in [6, 6.07) is 7.28. The molecule has 0 radical (unpaired) electrons. The molecule has 4 aliphatic rings. The van der Waals surface area contributed by atoms with E-state index >= 15 is 0 Å². The Hall–Kier alpha value is -3.00. The van der Waals surface area contributed by atoms with Crippen LogP contribution in [0.2, 0.25) is 0 Å². The highest BCUT2D eigenvalue weighted by Crippen LogP contribution is 2.56. The highest BCUT2D eigenvalue weighted by atomic mass is 16.5. The van der Waals surface area contributed by atoms with Gasteiger partial charge in [-0.05, 0) is 24.8 Å². The summed E-state index contributed by atoms with van der Waals surface area (Å²) in [6.45, 7) is -0.0472. The van der Waals surface area contributed by atoms with Crippen LogP contribution in [0.15, 0.2) is 35.9 Å². The van der Waals surface area contributed by atoms with Crippen molar-refractivity contribution in [3.63, 3.8) is 0 Å². The Morgan fingerprint density at radius 3 is 2.37 bits per heavy atom. The molecule has 5 rings (SSSR count). The first-order chi connectivity index (χ1) is 14.5. The van der Waals surface area contributed by atoms with E-state index in [0.717, 1.165) is 11.1 Å². The zero-order chi connectivity index (χ0) is 21.0. The van der Waals surface area contributed by atoms with Gasteiger partial charge in [-0.15, -0.1) is 0 Å². The van der Waals surface area contributed by atoms with Crippen LogP contribution in [0.1, 0.15) is 24.3 Å². The molecule has 30 heavy (non-hydrogen) atoms. The highest BCUT2D eigenvalue weighted by Gasteiger charge is 2.59. The summed E-state index contributed by atoms with van der Waals surface area (Å²) in [5.74, 6) is -3.48. The first kappa shape index (κ1) is 19.0. The standard InChI is InChI=1S/C22H22N2O6/c25-7-8-30-15-4-2-1-3-11(15)16-10-5-6-12-17(21(28)23-19(12)26)13(10)9-14-18(16)22(29)24-20(14)27/h1-5,12-14,16-18,25H,6-9H2,(H,23,26,28)(H,24,27,29)/t12-,13+,14+,16+,17-,18+/m0/s1. The minimum Gasteiger partial charge on any atom is -0.491 e. The Balaban J connectivity index is 1.64. The molecule has 1 aromatic carbocycles. The van der Waals surface area contributed by atoms with Gasteiger partial charge in [0.05, 0.1) is 30.3 Å². The quantitative estimate of drug-likeness (QED) is 0.484. The SMILES string of the molecule is O=C1NC(=O)[C@H]2CC=C3[C@@H](C[C@H]4C(=O)NC(=O)[C@H]4[C@H]3c3ccccc3OCCO)[C@@H]12. The van der Waals surface area contributed by atoms with Crippen molar-refractivity contribution in [3.8, 4) is 5.75 Å². The summed E-state index contributed by atoms with van der Waals surface area (Å²) in [5.41, 5.74) is 1.68. The van der Waals surface area contributed by atoms with Crippen LogP contribution < -0.4 is 15.4 Å². The van der Waals surface area contributed by atoms with Gasteiger partial charge in [-0.2, -0.15) is 0 Å². The Bertz CT molecular complexity index is 986. The zero-order valence-electron chi connectivity index (χ0n) is 16.2. The van der Waals surface area contributed by atoms with Gasteiger partial charge in [-0.25, -0.2) is 0 Å². The van der Waals surface area contributed by atoms with E-state index in [1.54, 1.807) is 6.07 Å². The fourth-order valence-corrected chi connectivity index (χ4v) is 5.78. The molecular weight excluding hydrogens is 388 g/mol. The monoisotopic (exact) mass is 410 g/mol. The Morgan fingerprint density at radius 2 is 1.60 bits per heavy atom. The first-order valence-electron chi connectivity index (χ1n) is 10.2. The number of ether oxygens (including phenoxy) is 1. The molecule has 2 saturated heterocycles. The van der Waals surface area contributed by atoms with Crippen LogP contribution >= 0.6 is 0 Å². The number of rotatable bonds is 4. The van der Waals surface area contributed by atoms with Gasteiger partial charge in [-0.1, -0.05) is 29.8 Å². The largest absolute Gasteiger partial charge is 0.491 e. The van der Waals surface area contributed by atoms with E-state index in [4.69, 9.17) is 4.74 Å². The molecule has 2 aliphatic carbocycles. The van der Waals surface area contributed by atoms with Crippen LogP contribution in [0.25, 0.3) is 0 Å². The van der Waals surface area contributed by atoms with E-state index in [-0.39, 0.29) is 42.8 Å². The average Bonchev–Trinajstić information content (AvgIpc) is 3.19. The lowest BCUT2D eigenvalue weighted by atomic mass is 9.57. The number of carbonyl (C=O) groups excluding carboxylic acids is 4. The van der Waals surface area contributed by atoms with Crippen molar-refractivity contribution in [1.29, 1.82) is 0 Å². The van der Waals surface area contributed by atoms with Gasteiger partial charge in [0.25, 0.3) is 0 Å². The summed E-state index contributed by atoms with van der Waals surface area (Å²) in [6.07, 6.45) is 2.77. The molecule has 1 aromatic rings. The molecule has 3 fully saturated rings. The summed E-state index contributed by atoms with van der Waals surface area (Å²) < 4.78 is 5.73. The number of benzene rings is 1. The van der Waals surface area contributed by atoms with E-state index in [0.29, 0.717) is 18.6 Å². The second kappa shape index (κ2) is 7.05. The number of aliphatic hydroxyl groups is 1. The fraction of sp³-hybridized carbons (Fsp3) is 0.455. The van der Waals surface area contributed by atoms with Crippen molar-refractivity contribution in [2.75, 3.05) is 13.2 Å². The molecule has 156 valence electrons. The second-order valence-corrected chi connectivity index (χ2v) is 8.34. The van der Waals surface area contributed by atoms with Crippen LogP contribution in [-0.2, 0) is 19.2 Å². The molecule has 0 spiro atoms. The first-order valence-corrected chi connectivity index (χ1v) is 10.2. The molecule has 0 aromatic heterocycles. The number of allylic oxidation sites excluding steroid dienone is 2. The van der Waals surface area contributed by atoms with Crippen LogP contribution in [-0.4, -0.2) is 41.9 Å². The maximum atomic E-state index is 12.8. The number of amides is 4. The van der Waals surface area contributed by atoms with E-state index in [1.807, 2.05) is 24.3 Å². The van der Waals surface area contributed by atoms with Gasteiger partial charge < -0.3 is 9.84 Å². The Kier molecular flexibility index (Phi) is 4.47. The normalized spacial score (nSPS) is 34.5. The topological polar surface area (TPSA) is 122 Å². The van der Waals surface area contributed by atoms with E-state index < -0.39 is 29.6 Å². The van der Waals surface area contributed by atoms with Gasteiger partial charge >= 0.3 is 0 Å². The Labute approximate surface area is 172 Å². The number of hydrogen-bond donors (Lipinski definition) is 3. The predicted octanol–water partition coefficient (Wildman–Crippen LogP) is 0.269. The highest BCUT2D eigenvalue weighted by molar-refractivity contribution is 6.07. The van der Waals surface area contributed by atoms with Crippen molar-refractivity contribution in [1.82, 2.24) is 10.6 Å². The second-order valence-electron chi connectivity index (χ2n) is 8.34. The molecular formula is C22H22N2O6.